The van der Waals surface area contributed by atoms with Crippen molar-refractivity contribution in [1.82, 2.24) is 21.0 Å². The van der Waals surface area contributed by atoms with Crippen LogP contribution in [0.15, 0.2) is 30.3 Å². The van der Waals surface area contributed by atoms with E-state index >= 15 is 0 Å². The van der Waals surface area contributed by atoms with Crippen LogP contribution in [0, 0.1) is 16.6 Å². The Morgan fingerprint density at radius 3 is 2.17 bits per heavy atom. The van der Waals surface area contributed by atoms with Gasteiger partial charge in [-0.3, -0.25) is 33.0 Å². The molecular weight excluding hydrogens is 1140 g/mol. The SMILES string of the molecule is COc1c(I)cc(I)c(C(=O)N[C@@H](CC(=O)N[C@H](CNC(=O)[C@@H](C)c2ccc(CC(C)C)cc2)COP(=O)(O)OCCCCC(=O)ON2C(=O)CCC2=O)C(=O)O)c1I. The summed E-state index contributed by atoms with van der Waals surface area (Å²) in [6.07, 6.45) is -0.0390. The molecule has 5 amide bonds. The number of aliphatic carboxylic acids is 1. The molecule has 0 radical (unpaired) electrons. The van der Waals surface area contributed by atoms with Crippen molar-refractivity contribution in [3.05, 3.63) is 57.7 Å². The fourth-order valence-electron chi connectivity index (χ4n) is 5.54. The summed E-state index contributed by atoms with van der Waals surface area (Å²) >= 11 is 5.90. The largest absolute Gasteiger partial charge is 0.495 e. The van der Waals surface area contributed by atoms with E-state index in [4.69, 9.17) is 18.6 Å². The predicted molar refractivity (Wildman–Crippen MR) is 236 cm³/mol. The van der Waals surface area contributed by atoms with Crippen molar-refractivity contribution in [2.75, 3.05) is 26.9 Å². The Balaban J connectivity index is 1.65. The molecule has 4 atom stereocenters. The van der Waals surface area contributed by atoms with Gasteiger partial charge < -0.3 is 35.5 Å². The molecule has 18 nitrogen and oxygen atoms in total. The van der Waals surface area contributed by atoms with Crippen molar-refractivity contribution in [3.63, 3.8) is 0 Å². The van der Waals surface area contributed by atoms with Gasteiger partial charge in [-0.05, 0) is 117 Å². The number of carbonyl (C=O) groups excluding carboxylic acids is 6. The predicted octanol–water partition coefficient (Wildman–Crippen LogP) is 4.60. The number of carboxylic acids is 1. The zero-order valence-electron chi connectivity index (χ0n) is 32.6. The van der Waals surface area contributed by atoms with Gasteiger partial charge in [0.15, 0.2) is 0 Å². The van der Waals surface area contributed by atoms with Crippen molar-refractivity contribution in [3.8, 4) is 5.75 Å². The van der Waals surface area contributed by atoms with E-state index in [-0.39, 0.29) is 50.8 Å². The smallest absolute Gasteiger partial charge is 0.472 e. The van der Waals surface area contributed by atoms with E-state index in [1.807, 2.05) is 92.0 Å². The summed E-state index contributed by atoms with van der Waals surface area (Å²) in [5.74, 6) is -5.46. The molecule has 1 fully saturated rings. The number of phosphoric ester groups is 1. The number of carboxylic acid groups (broad SMARTS) is 1. The number of benzene rings is 2. The van der Waals surface area contributed by atoms with Crippen LogP contribution in [-0.4, -0.2) is 95.5 Å². The first kappa shape index (κ1) is 50.4. The molecule has 0 bridgehead atoms. The second-order valence-electron chi connectivity index (χ2n) is 13.8. The number of amides is 5. The lowest BCUT2D eigenvalue weighted by Gasteiger charge is -2.23. The molecule has 0 spiro atoms. The van der Waals surface area contributed by atoms with Crippen LogP contribution in [0.5, 0.6) is 5.75 Å². The van der Waals surface area contributed by atoms with E-state index in [0.717, 1.165) is 21.1 Å². The molecule has 0 aliphatic carbocycles. The van der Waals surface area contributed by atoms with Gasteiger partial charge in [-0.25, -0.2) is 14.2 Å². The number of unbranched alkanes of at least 4 members (excludes halogenated alkanes) is 1. The summed E-state index contributed by atoms with van der Waals surface area (Å²) < 4.78 is 30.0. The van der Waals surface area contributed by atoms with Gasteiger partial charge in [0.1, 0.15) is 11.8 Å². The van der Waals surface area contributed by atoms with E-state index in [1.165, 1.54) is 7.11 Å². The number of hydrogen-bond donors (Lipinski definition) is 5. The third kappa shape index (κ3) is 16.1. The quantitative estimate of drug-likeness (QED) is 0.0442. The average Bonchev–Trinajstić information content (AvgIpc) is 3.47. The van der Waals surface area contributed by atoms with Gasteiger partial charge in [0.25, 0.3) is 17.7 Å². The number of nitrogens with zero attached hydrogens (tertiary/aromatic N) is 1. The fourth-order valence-corrected chi connectivity index (χ4v) is 10.6. The number of phosphoric acid groups is 1. The number of hydrogen-bond acceptors (Lipinski definition) is 12. The monoisotopic (exact) mass is 1180 g/mol. The topological polar surface area (TPSA) is 253 Å². The van der Waals surface area contributed by atoms with Crippen LogP contribution in [0.2, 0.25) is 0 Å². The molecule has 1 unspecified atom stereocenters. The molecule has 5 N–H and O–H groups in total. The molecule has 3 rings (SSSR count). The lowest BCUT2D eigenvalue weighted by Crippen LogP contribution is -2.50. The molecule has 324 valence electrons. The first-order chi connectivity index (χ1) is 27.7. The lowest BCUT2D eigenvalue weighted by atomic mass is 9.96. The van der Waals surface area contributed by atoms with Crippen LogP contribution in [-0.2, 0) is 53.6 Å². The zero-order valence-corrected chi connectivity index (χ0v) is 40.0. The maximum absolute atomic E-state index is 13.3. The maximum atomic E-state index is 13.3. The second kappa shape index (κ2) is 23.9. The Bertz CT molecular complexity index is 1920. The third-order valence-electron chi connectivity index (χ3n) is 8.62. The molecule has 1 saturated heterocycles. The summed E-state index contributed by atoms with van der Waals surface area (Å²) in [7, 11) is -3.35. The number of halogens is 3. The molecule has 2 aromatic rings. The Morgan fingerprint density at radius 2 is 1.58 bits per heavy atom. The van der Waals surface area contributed by atoms with Gasteiger partial charge in [0.05, 0.1) is 51.4 Å². The van der Waals surface area contributed by atoms with Crippen LogP contribution in [0.25, 0.3) is 0 Å². The molecule has 0 saturated carbocycles. The molecule has 22 heteroatoms. The summed E-state index contributed by atoms with van der Waals surface area (Å²) in [6.45, 7) is 4.54. The highest BCUT2D eigenvalue weighted by atomic mass is 127. The highest BCUT2D eigenvalue weighted by Crippen LogP contribution is 2.43. The Kier molecular flexibility index (Phi) is 20.4. The Morgan fingerprint density at radius 1 is 0.932 bits per heavy atom. The molecule has 0 aromatic heterocycles. The summed E-state index contributed by atoms with van der Waals surface area (Å²) in [5.41, 5.74) is 1.99. The normalized spacial score (nSPS) is 15.2. The van der Waals surface area contributed by atoms with Crippen LogP contribution in [0.4, 0.5) is 0 Å². The first-order valence-corrected chi connectivity index (χ1v) is 23.1. The number of hydroxylamine groups is 2. The van der Waals surface area contributed by atoms with Gasteiger partial charge in [-0.1, -0.05) is 38.1 Å². The van der Waals surface area contributed by atoms with Gasteiger partial charge in [-0.2, -0.15) is 0 Å². The molecule has 2 aromatic carbocycles. The Labute approximate surface area is 381 Å². The van der Waals surface area contributed by atoms with Gasteiger partial charge in [0, 0.05) is 29.4 Å². The Hall–Kier alpha value is -2.97. The van der Waals surface area contributed by atoms with Crippen LogP contribution >= 0.6 is 75.6 Å². The number of ether oxygens (including phenoxy) is 1. The van der Waals surface area contributed by atoms with Crippen LogP contribution < -0.4 is 20.7 Å². The number of methoxy groups -OCH3 is 1. The van der Waals surface area contributed by atoms with Gasteiger partial charge in [-0.15, -0.1) is 5.06 Å². The number of carbonyl (C=O) groups is 7. The van der Waals surface area contributed by atoms with Crippen LogP contribution in [0.3, 0.4) is 0 Å². The average molecular weight is 1180 g/mol. The first-order valence-electron chi connectivity index (χ1n) is 18.3. The minimum absolute atomic E-state index is 0.0560. The van der Waals surface area contributed by atoms with Crippen molar-refractivity contribution in [2.45, 2.75) is 83.7 Å². The second-order valence-corrected chi connectivity index (χ2v) is 18.7. The minimum atomic E-state index is -4.78. The highest BCUT2D eigenvalue weighted by molar-refractivity contribution is 14.1. The summed E-state index contributed by atoms with van der Waals surface area (Å²) in [5, 5.41) is 17.9. The molecule has 1 aliphatic heterocycles. The minimum Gasteiger partial charge on any atom is -0.495 e. The standard InChI is InChI=1S/C37H46I3N4O14P/c1-20(2)15-22-8-10-23(11-9-22)21(3)35(49)41-18-24(19-57-59(53,54)56-14-6-5-7-31(48)58-44-29(46)12-13-30(44)47)42-28(45)17-27(37(51)52)43-36(50)32-25(38)16-26(39)34(55-4)33(32)40/h8-11,16,20-21,24,27H,5-7,12-15,17-19H2,1-4H3,(H,41,49)(H,42,45)(H,43,50)(H,51,52)(H,53,54)/t21-,24+,27-/m0/s1. The van der Waals surface area contributed by atoms with E-state index in [2.05, 4.69) is 29.8 Å². The number of imide groups is 1. The van der Waals surface area contributed by atoms with Crippen molar-refractivity contribution < 1.29 is 66.7 Å². The van der Waals surface area contributed by atoms with Gasteiger partial charge >= 0.3 is 19.8 Å². The van der Waals surface area contributed by atoms with E-state index in [0.29, 0.717) is 23.9 Å². The summed E-state index contributed by atoms with van der Waals surface area (Å²) in [4.78, 5) is 102. The van der Waals surface area contributed by atoms with Crippen molar-refractivity contribution in [1.29, 1.82) is 0 Å². The molecular formula is C37H46I3N4O14P. The van der Waals surface area contributed by atoms with Gasteiger partial charge in [0.2, 0.25) is 11.8 Å². The highest BCUT2D eigenvalue weighted by Gasteiger charge is 2.33. The van der Waals surface area contributed by atoms with E-state index < -0.39 is 80.3 Å². The number of nitrogens with one attached hydrogen (secondary N) is 3. The molecule has 59 heavy (non-hydrogen) atoms. The van der Waals surface area contributed by atoms with E-state index in [1.54, 1.807) is 13.0 Å². The lowest BCUT2D eigenvalue weighted by molar-refractivity contribution is -0.197. The van der Waals surface area contributed by atoms with Crippen molar-refractivity contribution >= 4 is 117 Å². The zero-order chi connectivity index (χ0) is 44.0. The van der Waals surface area contributed by atoms with Crippen molar-refractivity contribution in [2.24, 2.45) is 5.92 Å². The summed E-state index contributed by atoms with van der Waals surface area (Å²) in [6, 6.07) is 6.37. The maximum Gasteiger partial charge on any atom is 0.472 e. The third-order valence-corrected chi connectivity index (χ3v) is 12.3. The van der Waals surface area contributed by atoms with Crippen LogP contribution in [0.1, 0.15) is 86.7 Å². The fraction of sp³-hybridized carbons (Fsp3) is 0.486. The van der Waals surface area contributed by atoms with E-state index in [9.17, 15) is 48.1 Å². The molecule has 1 aliphatic rings. The number of rotatable bonds is 23. The molecule has 1 heterocycles.